The van der Waals surface area contributed by atoms with E-state index in [9.17, 15) is 8.42 Å². The molecule has 1 heterocycles. The van der Waals surface area contributed by atoms with E-state index in [1.54, 1.807) is 11.4 Å². The monoisotopic (exact) mass is 275 g/mol. The third-order valence-electron chi connectivity index (χ3n) is 3.48. The quantitative estimate of drug-likeness (QED) is 0.830. The first kappa shape index (κ1) is 13.0. The van der Waals surface area contributed by atoms with Crippen LogP contribution in [0.3, 0.4) is 0 Å². The first-order valence-corrected chi connectivity index (χ1v) is 8.06. The third kappa shape index (κ3) is 2.70. The van der Waals surface area contributed by atoms with Crippen molar-refractivity contribution in [2.75, 3.05) is 6.54 Å². The van der Waals surface area contributed by atoms with E-state index in [4.69, 9.17) is 5.11 Å². The lowest BCUT2D eigenvalue weighted by Gasteiger charge is -2.13. The summed E-state index contributed by atoms with van der Waals surface area (Å²) in [5.41, 5.74) is 0.183. The van der Waals surface area contributed by atoms with E-state index in [2.05, 4.69) is 11.6 Å². The van der Waals surface area contributed by atoms with Gasteiger partial charge in [-0.2, -0.15) is 0 Å². The predicted octanol–water partition coefficient (Wildman–Crippen LogP) is 1.71. The molecule has 96 valence electrons. The van der Waals surface area contributed by atoms with E-state index in [1.165, 1.54) is 11.3 Å². The molecule has 1 saturated carbocycles. The lowest BCUT2D eigenvalue weighted by atomic mass is 10.1. The maximum absolute atomic E-state index is 12.0. The van der Waals surface area contributed by atoms with Gasteiger partial charge in [-0.25, -0.2) is 13.1 Å². The number of thiophene rings is 1. The van der Waals surface area contributed by atoms with E-state index in [1.807, 2.05) is 0 Å². The molecule has 0 unspecified atom stereocenters. The third-order valence-corrected chi connectivity index (χ3v) is 6.00. The predicted molar refractivity (Wildman–Crippen MR) is 67.4 cm³/mol. The minimum Gasteiger partial charge on any atom is -0.391 e. The Balaban J connectivity index is 2.09. The van der Waals surface area contributed by atoms with Gasteiger partial charge in [0.2, 0.25) is 10.0 Å². The van der Waals surface area contributed by atoms with Gasteiger partial charge < -0.3 is 5.11 Å². The van der Waals surface area contributed by atoms with Crippen molar-refractivity contribution < 1.29 is 13.5 Å². The molecule has 1 fully saturated rings. The number of aliphatic hydroxyl groups excluding tert-OH is 1. The van der Waals surface area contributed by atoms with Crippen molar-refractivity contribution in [3.63, 3.8) is 0 Å². The van der Waals surface area contributed by atoms with Gasteiger partial charge in [-0.05, 0) is 36.1 Å². The standard InChI is InChI=1S/C11H17NO3S2/c1-2-11(4-5-11)8-12-17(14,15)10-3-6-16-9(10)7-13/h3,6,12-13H,2,4-5,7-8H2,1H3. The highest BCUT2D eigenvalue weighted by Crippen LogP contribution is 2.48. The van der Waals surface area contributed by atoms with Crippen LogP contribution in [0.4, 0.5) is 0 Å². The van der Waals surface area contributed by atoms with Gasteiger partial charge in [-0.15, -0.1) is 11.3 Å². The van der Waals surface area contributed by atoms with Crippen molar-refractivity contribution in [2.45, 2.75) is 37.7 Å². The lowest BCUT2D eigenvalue weighted by molar-refractivity contribution is 0.282. The Hall–Kier alpha value is -0.430. The molecule has 0 atom stereocenters. The van der Waals surface area contributed by atoms with Gasteiger partial charge in [0.25, 0.3) is 0 Å². The molecule has 0 radical (unpaired) electrons. The van der Waals surface area contributed by atoms with Crippen LogP contribution in [0.1, 0.15) is 31.1 Å². The van der Waals surface area contributed by atoms with Crippen LogP contribution >= 0.6 is 11.3 Å². The molecule has 0 bridgehead atoms. The fourth-order valence-electron chi connectivity index (χ4n) is 1.84. The van der Waals surface area contributed by atoms with Crippen LogP contribution in [-0.2, 0) is 16.6 Å². The van der Waals surface area contributed by atoms with Crippen molar-refractivity contribution in [3.8, 4) is 0 Å². The normalized spacial score (nSPS) is 18.2. The summed E-state index contributed by atoms with van der Waals surface area (Å²) in [5, 5.41) is 10.8. The van der Waals surface area contributed by atoms with Gasteiger partial charge in [0.05, 0.1) is 11.5 Å². The molecular formula is C11H17NO3S2. The summed E-state index contributed by atoms with van der Waals surface area (Å²) in [6, 6.07) is 1.55. The number of rotatable bonds is 6. The Bertz CT molecular complexity index is 489. The summed E-state index contributed by atoms with van der Waals surface area (Å²) in [5.74, 6) is 0. The second kappa shape index (κ2) is 4.68. The Kier molecular flexibility index (Phi) is 3.58. The van der Waals surface area contributed by atoms with E-state index < -0.39 is 10.0 Å². The minimum absolute atomic E-state index is 0.183. The number of sulfonamides is 1. The van der Waals surface area contributed by atoms with Crippen LogP contribution in [0.25, 0.3) is 0 Å². The maximum atomic E-state index is 12.0. The summed E-state index contributed by atoms with van der Waals surface area (Å²) in [6.07, 6.45) is 3.21. The molecule has 1 aliphatic rings. The molecule has 1 aromatic rings. The Morgan fingerprint density at radius 3 is 2.76 bits per heavy atom. The van der Waals surface area contributed by atoms with Gasteiger partial charge in [0.1, 0.15) is 0 Å². The first-order chi connectivity index (χ1) is 8.03. The second-order valence-corrected chi connectivity index (χ2v) is 7.28. The van der Waals surface area contributed by atoms with Crippen LogP contribution in [0, 0.1) is 5.41 Å². The van der Waals surface area contributed by atoms with Crippen LogP contribution in [0.5, 0.6) is 0 Å². The zero-order valence-corrected chi connectivity index (χ0v) is 11.4. The molecular weight excluding hydrogens is 258 g/mol. The molecule has 0 saturated heterocycles. The second-order valence-electron chi connectivity index (χ2n) is 4.54. The molecule has 2 N–H and O–H groups in total. The summed E-state index contributed by atoms with van der Waals surface area (Å²) in [7, 11) is -3.46. The SMILES string of the molecule is CCC1(CNS(=O)(=O)c2ccsc2CO)CC1. The highest BCUT2D eigenvalue weighted by Gasteiger charge is 2.41. The molecule has 1 aliphatic carbocycles. The highest BCUT2D eigenvalue weighted by molar-refractivity contribution is 7.89. The van der Waals surface area contributed by atoms with E-state index in [0.717, 1.165) is 19.3 Å². The molecule has 17 heavy (non-hydrogen) atoms. The maximum Gasteiger partial charge on any atom is 0.241 e. The molecule has 4 nitrogen and oxygen atoms in total. The lowest BCUT2D eigenvalue weighted by Crippen LogP contribution is -2.30. The van der Waals surface area contributed by atoms with Crippen molar-refractivity contribution >= 4 is 21.4 Å². The van der Waals surface area contributed by atoms with Crippen molar-refractivity contribution in [3.05, 3.63) is 16.3 Å². The van der Waals surface area contributed by atoms with E-state index >= 15 is 0 Å². The minimum atomic E-state index is -3.46. The molecule has 6 heteroatoms. The van der Waals surface area contributed by atoms with E-state index in [0.29, 0.717) is 11.4 Å². The fourth-order valence-corrected chi connectivity index (χ4v) is 4.29. The molecule has 2 rings (SSSR count). The smallest absolute Gasteiger partial charge is 0.241 e. The average molecular weight is 275 g/mol. The Labute approximate surface area is 106 Å². The summed E-state index contributed by atoms with van der Waals surface area (Å²) in [6.45, 7) is 2.37. The molecule has 0 aliphatic heterocycles. The zero-order chi connectivity index (χ0) is 12.5. The topological polar surface area (TPSA) is 66.4 Å². The first-order valence-electron chi connectivity index (χ1n) is 5.70. The number of hydrogen-bond donors (Lipinski definition) is 2. The number of hydrogen-bond acceptors (Lipinski definition) is 4. The summed E-state index contributed by atoms with van der Waals surface area (Å²) < 4.78 is 26.8. The summed E-state index contributed by atoms with van der Waals surface area (Å²) >= 11 is 1.26. The number of aliphatic hydroxyl groups is 1. The van der Waals surface area contributed by atoms with Gasteiger partial charge in [0, 0.05) is 11.4 Å². The van der Waals surface area contributed by atoms with E-state index in [-0.39, 0.29) is 16.9 Å². The molecule has 1 aromatic heterocycles. The van der Waals surface area contributed by atoms with Gasteiger partial charge in [-0.3, -0.25) is 0 Å². The average Bonchev–Trinajstić information content (AvgIpc) is 2.93. The van der Waals surface area contributed by atoms with Gasteiger partial charge in [0.15, 0.2) is 0 Å². The van der Waals surface area contributed by atoms with Crippen molar-refractivity contribution in [1.82, 2.24) is 4.72 Å². The summed E-state index contributed by atoms with van der Waals surface area (Å²) in [4.78, 5) is 0.718. The molecule has 0 amide bonds. The van der Waals surface area contributed by atoms with Crippen LogP contribution in [-0.4, -0.2) is 20.1 Å². The van der Waals surface area contributed by atoms with Crippen LogP contribution in [0.2, 0.25) is 0 Å². The number of nitrogens with one attached hydrogen (secondary N) is 1. The molecule has 0 spiro atoms. The van der Waals surface area contributed by atoms with Gasteiger partial charge >= 0.3 is 0 Å². The van der Waals surface area contributed by atoms with Crippen LogP contribution in [0.15, 0.2) is 16.3 Å². The molecule has 0 aromatic carbocycles. The Morgan fingerprint density at radius 1 is 1.53 bits per heavy atom. The fraction of sp³-hybridized carbons (Fsp3) is 0.636. The zero-order valence-electron chi connectivity index (χ0n) is 9.77. The van der Waals surface area contributed by atoms with Crippen molar-refractivity contribution in [1.29, 1.82) is 0 Å². The highest BCUT2D eigenvalue weighted by atomic mass is 32.2. The Morgan fingerprint density at radius 2 is 2.24 bits per heavy atom. The van der Waals surface area contributed by atoms with Crippen LogP contribution < -0.4 is 4.72 Å². The van der Waals surface area contributed by atoms with Crippen molar-refractivity contribution in [2.24, 2.45) is 5.41 Å². The van der Waals surface area contributed by atoms with Gasteiger partial charge in [-0.1, -0.05) is 6.92 Å². The largest absolute Gasteiger partial charge is 0.391 e.